The second-order valence-corrected chi connectivity index (χ2v) is 5.05. The molecular formula is C15H11Cl2N. The molecule has 0 radical (unpaired) electrons. The molecular weight excluding hydrogens is 265 g/mol. The molecule has 3 aromatic rings. The van der Waals surface area contributed by atoms with Gasteiger partial charge >= 0.3 is 0 Å². The van der Waals surface area contributed by atoms with Crippen molar-refractivity contribution in [3.05, 3.63) is 52.5 Å². The number of nitrogens with zero attached hydrogens (tertiary/aromatic N) is 1. The van der Waals surface area contributed by atoms with Gasteiger partial charge in [0.05, 0.1) is 11.0 Å². The van der Waals surface area contributed by atoms with Crippen LogP contribution in [0.25, 0.3) is 28.0 Å². The normalized spacial score (nSPS) is 11.9. The fourth-order valence-electron chi connectivity index (χ4n) is 2.31. The SMILES string of the molecule is C/C=C\n1c2ccc(Cl)cc2c2cc(Cl)ccc21. The summed E-state index contributed by atoms with van der Waals surface area (Å²) in [5.74, 6) is 0. The number of hydrogen-bond donors (Lipinski definition) is 0. The number of fused-ring (bicyclic) bond motifs is 3. The van der Waals surface area contributed by atoms with Gasteiger partial charge < -0.3 is 4.57 Å². The molecule has 0 bridgehead atoms. The lowest BCUT2D eigenvalue weighted by Crippen LogP contribution is -1.84. The number of hydrogen-bond acceptors (Lipinski definition) is 0. The number of allylic oxidation sites excluding steroid dienone is 1. The van der Waals surface area contributed by atoms with E-state index >= 15 is 0 Å². The van der Waals surface area contributed by atoms with Crippen LogP contribution in [0.2, 0.25) is 10.0 Å². The van der Waals surface area contributed by atoms with E-state index in [2.05, 4.69) is 4.57 Å². The second kappa shape index (κ2) is 4.34. The van der Waals surface area contributed by atoms with Gasteiger partial charge in [0.1, 0.15) is 0 Å². The molecule has 0 aliphatic heterocycles. The Labute approximate surface area is 115 Å². The first-order valence-corrected chi connectivity index (χ1v) is 6.48. The van der Waals surface area contributed by atoms with E-state index in [1.165, 1.54) is 0 Å². The highest BCUT2D eigenvalue weighted by atomic mass is 35.5. The Morgan fingerprint density at radius 2 is 1.39 bits per heavy atom. The molecule has 18 heavy (non-hydrogen) atoms. The minimum atomic E-state index is 0.738. The minimum absolute atomic E-state index is 0.738. The molecule has 0 spiro atoms. The molecule has 0 saturated heterocycles. The van der Waals surface area contributed by atoms with Crippen LogP contribution in [0.3, 0.4) is 0 Å². The van der Waals surface area contributed by atoms with Crippen molar-refractivity contribution in [2.24, 2.45) is 0 Å². The first-order valence-electron chi connectivity index (χ1n) is 5.72. The van der Waals surface area contributed by atoms with Crippen LogP contribution < -0.4 is 0 Å². The number of rotatable bonds is 1. The molecule has 3 heteroatoms. The summed E-state index contributed by atoms with van der Waals surface area (Å²) in [6, 6.07) is 11.8. The molecule has 90 valence electrons. The van der Waals surface area contributed by atoms with Crippen LogP contribution in [0.15, 0.2) is 42.5 Å². The molecule has 0 amide bonds. The third-order valence-corrected chi connectivity index (χ3v) is 3.49. The lowest BCUT2D eigenvalue weighted by atomic mass is 10.1. The largest absolute Gasteiger partial charge is 0.316 e. The van der Waals surface area contributed by atoms with Gasteiger partial charge in [0.15, 0.2) is 0 Å². The van der Waals surface area contributed by atoms with Crippen molar-refractivity contribution in [1.29, 1.82) is 0 Å². The van der Waals surface area contributed by atoms with Crippen molar-refractivity contribution in [2.45, 2.75) is 6.92 Å². The zero-order valence-corrected chi connectivity index (χ0v) is 11.3. The van der Waals surface area contributed by atoms with Crippen LogP contribution in [0, 0.1) is 0 Å². The van der Waals surface area contributed by atoms with Gasteiger partial charge in [0.2, 0.25) is 0 Å². The van der Waals surface area contributed by atoms with E-state index < -0.39 is 0 Å². The first kappa shape index (κ1) is 11.6. The van der Waals surface area contributed by atoms with Crippen molar-refractivity contribution >= 4 is 51.2 Å². The van der Waals surface area contributed by atoms with E-state index in [1.54, 1.807) is 0 Å². The molecule has 0 atom stereocenters. The maximum Gasteiger partial charge on any atom is 0.0535 e. The average molecular weight is 276 g/mol. The summed E-state index contributed by atoms with van der Waals surface area (Å²) in [5.41, 5.74) is 2.27. The predicted octanol–water partition coefficient (Wildman–Crippen LogP) is 5.59. The van der Waals surface area contributed by atoms with E-state index in [9.17, 15) is 0 Å². The van der Waals surface area contributed by atoms with Gasteiger partial charge in [-0.15, -0.1) is 0 Å². The van der Waals surface area contributed by atoms with Crippen molar-refractivity contribution < 1.29 is 0 Å². The van der Waals surface area contributed by atoms with Gasteiger partial charge in [-0.3, -0.25) is 0 Å². The summed E-state index contributed by atoms with van der Waals surface area (Å²) in [6.45, 7) is 2.00. The Morgan fingerprint density at radius 3 is 1.83 bits per heavy atom. The average Bonchev–Trinajstić information content (AvgIpc) is 2.64. The Bertz CT molecular complexity index is 710. The van der Waals surface area contributed by atoms with Crippen molar-refractivity contribution in [3.8, 4) is 0 Å². The highest BCUT2D eigenvalue weighted by molar-refractivity contribution is 6.33. The highest BCUT2D eigenvalue weighted by Gasteiger charge is 2.09. The fraction of sp³-hybridized carbons (Fsp3) is 0.0667. The van der Waals surface area contributed by atoms with E-state index in [0.717, 1.165) is 31.9 Å². The fourth-order valence-corrected chi connectivity index (χ4v) is 2.65. The maximum absolute atomic E-state index is 6.08. The van der Waals surface area contributed by atoms with Gasteiger partial charge in [-0.05, 0) is 43.3 Å². The standard InChI is InChI=1S/C15H11Cl2N/c1-2-7-18-14-5-3-10(16)8-12(14)13-9-11(17)4-6-15(13)18/h2-9H,1H3/b7-2-. The Hall–Kier alpha value is -1.44. The Morgan fingerprint density at radius 1 is 0.889 bits per heavy atom. The van der Waals surface area contributed by atoms with Crippen LogP contribution in [-0.2, 0) is 0 Å². The van der Waals surface area contributed by atoms with Crippen molar-refractivity contribution in [2.75, 3.05) is 0 Å². The third-order valence-electron chi connectivity index (χ3n) is 3.02. The molecule has 0 fully saturated rings. The molecule has 0 saturated carbocycles. The van der Waals surface area contributed by atoms with Gasteiger partial charge in [0.25, 0.3) is 0 Å². The minimum Gasteiger partial charge on any atom is -0.316 e. The van der Waals surface area contributed by atoms with Gasteiger partial charge in [0, 0.05) is 27.0 Å². The predicted molar refractivity (Wildman–Crippen MR) is 80.5 cm³/mol. The Balaban J connectivity index is 2.56. The summed E-state index contributed by atoms with van der Waals surface area (Å²) in [6.07, 6.45) is 4.06. The van der Waals surface area contributed by atoms with E-state index in [1.807, 2.05) is 55.6 Å². The van der Waals surface area contributed by atoms with E-state index in [4.69, 9.17) is 23.2 Å². The van der Waals surface area contributed by atoms with E-state index in [0.29, 0.717) is 0 Å². The molecule has 0 unspecified atom stereocenters. The zero-order valence-electron chi connectivity index (χ0n) is 9.82. The van der Waals surface area contributed by atoms with Gasteiger partial charge in [-0.2, -0.15) is 0 Å². The summed E-state index contributed by atoms with van der Waals surface area (Å²) in [5, 5.41) is 3.72. The zero-order chi connectivity index (χ0) is 12.7. The summed E-state index contributed by atoms with van der Waals surface area (Å²) >= 11 is 12.2. The van der Waals surface area contributed by atoms with E-state index in [-0.39, 0.29) is 0 Å². The smallest absolute Gasteiger partial charge is 0.0535 e. The lowest BCUT2D eigenvalue weighted by Gasteiger charge is -1.99. The molecule has 3 rings (SSSR count). The molecule has 1 nitrogen and oxygen atoms in total. The van der Waals surface area contributed by atoms with Crippen molar-refractivity contribution in [3.63, 3.8) is 0 Å². The molecule has 0 aliphatic carbocycles. The van der Waals surface area contributed by atoms with Crippen LogP contribution in [0.4, 0.5) is 0 Å². The van der Waals surface area contributed by atoms with Crippen LogP contribution in [-0.4, -0.2) is 4.57 Å². The van der Waals surface area contributed by atoms with Crippen LogP contribution in [0.5, 0.6) is 0 Å². The van der Waals surface area contributed by atoms with Crippen LogP contribution >= 0.6 is 23.2 Å². The highest BCUT2D eigenvalue weighted by Crippen LogP contribution is 2.32. The molecule has 1 aromatic heterocycles. The summed E-state index contributed by atoms with van der Waals surface area (Å²) < 4.78 is 2.15. The third kappa shape index (κ3) is 1.71. The molecule has 1 heterocycles. The molecule has 2 aromatic carbocycles. The van der Waals surface area contributed by atoms with Crippen molar-refractivity contribution in [1.82, 2.24) is 4.57 Å². The molecule has 0 N–H and O–H groups in total. The topological polar surface area (TPSA) is 4.93 Å². The monoisotopic (exact) mass is 275 g/mol. The molecule has 0 aliphatic rings. The second-order valence-electron chi connectivity index (χ2n) is 4.18. The Kier molecular flexibility index (Phi) is 2.81. The first-order chi connectivity index (χ1) is 8.70. The number of benzene rings is 2. The van der Waals surface area contributed by atoms with Gasteiger partial charge in [-0.1, -0.05) is 29.3 Å². The summed E-state index contributed by atoms with van der Waals surface area (Å²) in [4.78, 5) is 0. The number of halogens is 2. The van der Waals surface area contributed by atoms with Gasteiger partial charge in [-0.25, -0.2) is 0 Å². The lowest BCUT2D eigenvalue weighted by molar-refractivity contribution is 1.28. The maximum atomic E-state index is 6.08. The quantitative estimate of drug-likeness (QED) is 0.545. The number of aromatic nitrogens is 1. The van der Waals surface area contributed by atoms with Crippen LogP contribution in [0.1, 0.15) is 6.92 Å². The summed E-state index contributed by atoms with van der Waals surface area (Å²) in [7, 11) is 0.